The Bertz CT molecular complexity index is 1810. The third-order valence-corrected chi connectivity index (χ3v) is 6.00. The molecule has 0 aliphatic rings. The molecule has 0 atom stereocenters. The Morgan fingerprint density at radius 2 is 1.69 bits per heavy atom. The van der Waals surface area contributed by atoms with Crippen LogP contribution >= 0.6 is 0 Å². The van der Waals surface area contributed by atoms with E-state index in [0.29, 0.717) is 39.1 Å². The molecule has 0 fully saturated rings. The van der Waals surface area contributed by atoms with Crippen LogP contribution in [0.5, 0.6) is 0 Å². The van der Waals surface area contributed by atoms with Crippen LogP contribution in [0, 0.1) is 6.92 Å². The summed E-state index contributed by atoms with van der Waals surface area (Å²) in [5.74, 6) is 0.802. The molecule has 0 saturated heterocycles. The van der Waals surface area contributed by atoms with Crippen molar-refractivity contribution in [3.8, 4) is 11.5 Å². The van der Waals surface area contributed by atoms with Gasteiger partial charge in [-0.2, -0.15) is 0 Å². The molecule has 35 heavy (non-hydrogen) atoms. The second-order valence-corrected chi connectivity index (χ2v) is 8.31. The lowest BCUT2D eigenvalue weighted by molar-refractivity contribution is 0.0476. The molecule has 0 bridgehead atoms. The highest BCUT2D eigenvalue weighted by Gasteiger charge is 2.18. The maximum Gasteiger partial charge on any atom is 0.339 e. The number of nitrogens with zero attached hydrogens (tertiary/aromatic N) is 1. The molecule has 6 nitrogen and oxygen atoms in total. The summed E-state index contributed by atoms with van der Waals surface area (Å²) in [6, 6.07) is 25.6. The minimum Gasteiger partial charge on any atom is -0.460 e. The molecule has 3 heterocycles. The van der Waals surface area contributed by atoms with Gasteiger partial charge in [-0.1, -0.05) is 48.5 Å². The standard InChI is InChI=1S/C29H19NO5/c1-17-10-12-25(34-17)24-15-22(21-8-4-5-9-23(21)30-24)29(32)33-16-19-14-27(31)35-26-13-11-18-6-2-3-7-20(18)28(19)26/h2-15H,16H2,1H3. The molecule has 3 aromatic heterocycles. The second-order valence-electron chi connectivity index (χ2n) is 8.31. The maximum atomic E-state index is 13.3. The summed E-state index contributed by atoms with van der Waals surface area (Å²) in [5, 5.41) is 3.35. The fraction of sp³-hybridized carbons (Fsp3) is 0.0690. The maximum absolute atomic E-state index is 13.3. The summed E-state index contributed by atoms with van der Waals surface area (Å²) < 4.78 is 16.9. The molecule has 0 amide bonds. The number of benzene rings is 3. The predicted molar refractivity (Wildman–Crippen MR) is 133 cm³/mol. The number of fused-ring (bicyclic) bond motifs is 4. The summed E-state index contributed by atoms with van der Waals surface area (Å²) in [6.45, 7) is 1.77. The molecule has 6 aromatic rings. The van der Waals surface area contributed by atoms with Gasteiger partial charge in [0.25, 0.3) is 0 Å². The third-order valence-electron chi connectivity index (χ3n) is 6.00. The van der Waals surface area contributed by atoms with Gasteiger partial charge in [0, 0.05) is 22.4 Å². The fourth-order valence-electron chi connectivity index (χ4n) is 4.40. The Morgan fingerprint density at radius 3 is 2.51 bits per heavy atom. The summed E-state index contributed by atoms with van der Waals surface area (Å²) in [6.07, 6.45) is 0. The number of esters is 1. The Labute approximate surface area is 199 Å². The zero-order valence-corrected chi connectivity index (χ0v) is 18.8. The van der Waals surface area contributed by atoms with E-state index < -0.39 is 11.6 Å². The number of carbonyl (C=O) groups excluding carboxylic acids is 1. The van der Waals surface area contributed by atoms with E-state index >= 15 is 0 Å². The SMILES string of the molecule is Cc1ccc(-c2cc(C(=O)OCc3cc(=O)oc4ccc5ccccc5c34)c3ccccc3n2)o1. The fourth-order valence-corrected chi connectivity index (χ4v) is 4.40. The summed E-state index contributed by atoms with van der Waals surface area (Å²) in [4.78, 5) is 30.2. The van der Waals surface area contributed by atoms with E-state index in [9.17, 15) is 9.59 Å². The van der Waals surface area contributed by atoms with E-state index in [-0.39, 0.29) is 6.61 Å². The first-order valence-corrected chi connectivity index (χ1v) is 11.1. The molecule has 170 valence electrons. The van der Waals surface area contributed by atoms with Crippen molar-refractivity contribution in [2.75, 3.05) is 0 Å². The van der Waals surface area contributed by atoms with Crippen LogP contribution in [-0.2, 0) is 11.3 Å². The first-order chi connectivity index (χ1) is 17.1. The van der Waals surface area contributed by atoms with Crippen LogP contribution in [-0.4, -0.2) is 11.0 Å². The van der Waals surface area contributed by atoms with Gasteiger partial charge >= 0.3 is 11.6 Å². The van der Waals surface area contributed by atoms with Gasteiger partial charge in [-0.15, -0.1) is 0 Å². The van der Waals surface area contributed by atoms with Gasteiger partial charge < -0.3 is 13.6 Å². The number of pyridine rings is 1. The molecule has 0 radical (unpaired) electrons. The molecule has 6 rings (SSSR count). The van der Waals surface area contributed by atoms with Gasteiger partial charge in [0.05, 0.1) is 11.1 Å². The molecule has 3 aromatic carbocycles. The largest absolute Gasteiger partial charge is 0.460 e. The van der Waals surface area contributed by atoms with Crippen LogP contribution in [0.4, 0.5) is 0 Å². The number of ether oxygens (including phenoxy) is 1. The minimum atomic E-state index is -0.519. The number of aromatic nitrogens is 1. The van der Waals surface area contributed by atoms with Crippen LogP contribution in [0.2, 0.25) is 0 Å². The average molecular weight is 461 g/mol. The summed E-state index contributed by atoms with van der Waals surface area (Å²) in [7, 11) is 0. The smallest absolute Gasteiger partial charge is 0.339 e. The van der Waals surface area contributed by atoms with Crippen molar-refractivity contribution in [2.45, 2.75) is 13.5 Å². The van der Waals surface area contributed by atoms with Crippen molar-refractivity contribution < 1.29 is 18.4 Å². The molecule has 0 N–H and O–H groups in total. The minimum absolute atomic E-state index is 0.0826. The zero-order valence-electron chi connectivity index (χ0n) is 18.8. The molecular formula is C29H19NO5. The third kappa shape index (κ3) is 3.75. The van der Waals surface area contributed by atoms with E-state index in [1.807, 2.05) is 73.7 Å². The topological polar surface area (TPSA) is 82.5 Å². The molecule has 0 spiro atoms. The van der Waals surface area contributed by atoms with Crippen LogP contribution in [0.25, 0.3) is 44.1 Å². The summed E-state index contributed by atoms with van der Waals surface area (Å²) >= 11 is 0. The van der Waals surface area contributed by atoms with Crippen molar-refractivity contribution in [3.05, 3.63) is 112 Å². The van der Waals surface area contributed by atoms with Gasteiger partial charge in [-0.25, -0.2) is 14.6 Å². The first-order valence-electron chi connectivity index (χ1n) is 11.1. The number of hydrogen-bond acceptors (Lipinski definition) is 6. The Kier molecular flexibility index (Phi) is 4.92. The van der Waals surface area contributed by atoms with Gasteiger partial charge in [-0.3, -0.25) is 0 Å². The van der Waals surface area contributed by atoms with Crippen LogP contribution in [0.15, 0.2) is 98.6 Å². The summed E-state index contributed by atoms with van der Waals surface area (Å²) in [5.41, 5.74) is 2.11. The van der Waals surface area contributed by atoms with Crippen LogP contribution < -0.4 is 5.63 Å². The van der Waals surface area contributed by atoms with E-state index in [1.165, 1.54) is 6.07 Å². The van der Waals surface area contributed by atoms with Crippen LogP contribution in [0.1, 0.15) is 21.7 Å². The number of aryl methyl sites for hydroxylation is 1. The normalized spacial score (nSPS) is 11.3. The van der Waals surface area contributed by atoms with Gasteiger partial charge in [0.15, 0.2) is 5.76 Å². The second kappa shape index (κ2) is 8.25. The molecule has 0 saturated carbocycles. The van der Waals surface area contributed by atoms with Crippen molar-refractivity contribution >= 4 is 38.6 Å². The van der Waals surface area contributed by atoms with Gasteiger partial charge in [0.1, 0.15) is 23.6 Å². The number of carbonyl (C=O) groups is 1. The number of rotatable bonds is 4. The molecule has 0 aliphatic carbocycles. The Morgan fingerprint density at radius 1 is 0.886 bits per heavy atom. The van der Waals surface area contributed by atoms with Crippen molar-refractivity contribution in [2.24, 2.45) is 0 Å². The molecule has 0 aliphatic heterocycles. The van der Waals surface area contributed by atoms with Gasteiger partial charge in [0.2, 0.25) is 0 Å². The lowest BCUT2D eigenvalue weighted by atomic mass is 10.0. The quantitative estimate of drug-likeness (QED) is 0.171. The van der Waals surface area contributed by atoms with E-state index in [1.54, 1.807) is 12.1 Å². The molecular weight excluding hydrogens is 442 g/mol. The monoisotopic (exact) mass is 461 g/mol. The van der Waals surface area contributed by atoms with Crippen molar-refractivity contribution in [1.82, 2.24) is 4.98 Å². The number of hydrogen-bond donors (Lipinski definition) is 0. The van der Waals surface area contributed by atoms with Crippen LogP contribution in [0.3, 0.4) is 0 Å². The average Bonchev–Trinajstić information content (AvgIpc) is 3.32. The highest BCUT2D eigenvalue weighted by atomic mass is 16.5. The van der Waals surface area contributed by atoms with E-state index in [4.69, 9.17) is 13.6 Å². The highest BCUT2D eigenvalue weighted by molar-refractivity contribution is 6.07. The lowest BCUT2D eigenvalue weighted by Gasteiger charge is -2.11. The number of furan rings is 1. The molecule has 0 unspecified atom stereocenters. The Balaban J connectivity index is 1.41. The van der Waals surface area contributed by atoms with Gasteiger partial charge in [-0.05, 0) is 48.0 Å². The zero-order chi connectivity index (χ0) is 23.9. The highest BCUT2D eigenvalue weighted by Crippen LogP contribution is 2.29. The van der Waals surface area contributed by atoms with Crippen molar-refractivity contribution in [3.63, 3.8) is 0 Å². The lowest BCUT2D eigenvalue weighted by Crippen LogP contribution is -2.09. The molecule has 6 heteroatoms. The number of para-hydroxylation sites is 1. The van der Waals surface area contributed by atoms with E-state index in [0.717, 1.165) is 21.9 Å². The first kappa shape index (κ1) is 20.9. The van der Waals surface area contributed by atoms with E-state index in [2.05, 4.69) is 4.98 Å². The Hall–Kier alpha value is -4.71. The predicted octanol–water partition coefficient (Wildman–Crippen LogP) is 6.42. The van der Waals surface area contributed by atoms with Crippen molar-refractivity contribution in [1.29, 1.82) is 0 Å².